The fraction of sp³-hybridized carbons (Fsp3) is 0.500. The number of nitrogens with zero attached hydrogens (tertiary/aromatic N) is 1. The van der Waals surface area contributed by atoms with Crippen molar-refractivity contribution in [1.29, 1.82) is 0 Å². The Bertz CT molecular complexity index is 986. The Hall–Kier alpha value is -2.77. The molecule has 1 aliphatic heterocycles. The van der Waals surface area contributed by atoms with Gasteiger partial charge in [0.25, 0.3) is 5.91 Å². The second kappa shape index (κ2) is 11.8. The van der Waals surface area contributed by atoms with Gasteiger partial charge in [-0.25, -0.2) is 4.39 Å². The summed E-state index contributed by atoms with van der Waals surface area (Å²) >= 11 is 0. The predicted octanol–water partition coefficient (Wildman–Crippen LogP) is 3.50. The Labute approximate surface area is 206 Å². The molecule has 188 valence electrons. The van der Waals surface area contributed by atoms with Gasteiger partial charge in [-0.1, -0.05) is 42.5 Å². The monoisotopic (exact) mass is 481 g/mol. The Kier molecular flexibility index (Phi) is 8.52. The normalized spacial score (nSPS) is 19.3. The summed E-state index contributed by atoms with van der Waals surface area (Å²) in [4.78, 5) is 27.6. The molecule has 0 bridgehead atoms. The molecule has 7 heteroatoms. The quantitative estimate of drug-likeness (QED) is 0.512. The highest BCUT2D eigenvalue weighted by atomic mass is 19.1. The molecule has 4 rings (SSSR count). The minimum Gasteiger partial charge on any atom is -0.380 e. The summed E-state index contributed by atoms with van der Waals surface area (Å²) in [5.74, 6) is -0.647. The second-order valence-corrected chi connectivity index (χ2v) is 9.95. The lowest BCUT2D eigenvalue weighted by molar-refractivity contribution is -0.140. The van der Waals surface area contributed by atoms with Gasteiger partial charge in [0.15, 0.2) is 0 Å². The van der Waals surface area contributed by atoms with E-state index in [4.69, 9.17) is 0 Å². The molecule has 2 aromatic carbocycles. The zero-order chi connectivity index (χ0) is 24.7. The minimum atomic E-state index is -1.32. The van der Waals surface area contributed by atoms with Crippen molar-refractivity contribution < 1.29 is 19.1 Å². The van der Waals surface area contributed by atoms with Gasteiger partial charge in [-0.05, 0) is 68.2 Å². The zero-order valence-corrected chi connectivity index (χ0v) is 20.2. The number of aliphatic hydroxyl groups is 1. The van der Waals surface area contributed by atoms with Crippen molar-refractivity contribution in [2.75, 3.05) is 19.6 Å². The number of piperidine rings is 1. The van der Waals surface area contributed by atoms with Gasteiger partial charge in [0.05, 0.1) is 12.5 Å². The largest absolute Gasteiger partial charge is 0.380 e. The standard InChI is InChI=1S/C28H36FN3O3/c29-23-10-6-9-22(20-23)25(31-27(34)28(35)14-4-5-15-28)13-18-32-16-11-24(12-17-32)30-26(33)19-21-7-2-1-3-8-21/h1-3,6-10,20,24-25,35H,4-5,11-19H2,(H,30,33)(H,31,34). The van der Waals surface area contributed by atoms with E-state index < -0.39 is 5.60 Å². The van der Waals surface area contributed by atoms with Crippen LogP contribution in [0, 0.1) is 5.82 Å². The maximum absolute atomic E-state index is 13.9. The molecule has 2 amide bonds. The average molecular weight is 482 g/mol. The van der Waals surface area contributed by atoms with Gasteiger partial charge in [0.1, 0.15) is 11.4 Å². The van der Waals surface area contributed by atoms with Crippen LogP contribution in [0.3, 0.4) is 0 Å². The van der Waals surface area contributed by atoms with E-state index >= 15 is 0 Å². The number of benzene rings is 2. The SMILES string of the molecule is O=C(Cc1ccccc1)NC1CCN(CCC(NC(=O)C2(O)CCCC2)c2cccc(F)c2)CC1. The van der Waals surface area contributed by atoms with Crippen molar-refractivity contribution >= 4 is 11.8 Å². The lowest BCUT2D eigenvalue weighted by Crippen LogP contribution is -2.47. The van der Waals surface area contributed by atoms with Crippen LogP contribution < -0.4 is 10.6 Å². The van der Waals surface area contributed by atoms with Crippen LogP contribution in [0.15, 0.2) is 54.6 Å². The van der Waals surface area contributed by atoms with Gasteiger partial charge in [-0.2, -0.15) is 0 Å². The molecule has 35 heavy (non-hydrogen) atoms. The number of hydrogen-bond acceptors (Lipinski definition) is 4. The number of halogens is 1. The molecule has 2 aliphatic rings. The Morgan fingerprint density at radius 1 is 1.06 bits per heavy atom. The van der Waals surface area contributed by atoms with Crippen LogP contribution in [-0.4, -0.2) is 53.1 Å². The summed E-state index contributed by atoms with van der Waals surface area (Å²) in [6, 6.07) is 15.9. The lowest BCUT2D eigenvalue weighted by Gasteiger charge is -2.34. The molecule has 1 atom stereocenters. The zero-order valence-electron chi connectivity index (χ0n) is 20.2. The van der Waals surface area contributed by atoms with E-state index in [9.17, 15) is 19.1 Å². The Morgan fingerprint density at radius 2 is 1.77 bits per heavy atom. The first-order valence-electron chi connectivity index (χ1n) is 12.8. The summed E-state index contributed by atoms with van der Waals surface area (Å²) in [7, 11) is 0. The van der Waals surface area contributed by atoms with Crippen LogP contribution in [0.1, 0.15) is 62.1 Å². The van der Waals surface area contributed by atoms with E-state index in [1.165, 1.54) is 12.1 Å². The number of likely N-dealkylation sites (tertiary alicyclic amines) is 1. The van der Waals surface area contributed by atoms with Gasteiger partial charge < -0.3 is 20.6 Å². The van der Waals surface area contributed by atoms with Crippen LogP contribution in [0.25, 0.3) is 0 Å². The van der Waals surface area contributed by atoms with Gasteiger partial charge in [-0.15, -0.1) is 0 Å². The highest BCUT2D eigenvalue weighted by Crippen LogP contribution is 2.31. The first-order valence-corrected chi connectivity index (χ1v) is 12.8. The fourth-order valence-corrected chi connectivity index (χ4v) is 5.20. The fourth-order valence-electron chi connectivity index (χ4n) is 5.20. The van der Waals surface area contributed by atoms with Crippen LogP contribution >= 0.6 is 0 Å². The molecule has 1 heterocycles. The Balaban J connectivity index is 1.28. The summed E-state index contributed by atoms with van der Waals surface area (Å²) in [5, 5.41) is 16.8. The summed E-state index contributed by atoms with van der Waals surface area (Å²) < 4.78 is 13.9. The van der Waals surface area contributed by atoms with Crippen LogP contribution in [-0.2, 0) is 16.0 Å². The third-order valence-electron chi connectivity index (χ3n) is 7.30. The van der Waals surface area contributed by atoms with E-state index in [-0.39, 0.29) is 29.7 Å². The van der Waals surface area contributed by atoms with Crippen molar-refractivity contribution in [3.05, 3.63) is 71.5 Å². The molecule has 0 aromatic heterocycles. The maximum Gasteiger partial charge on any atom is 0.252 e. The molecule has 2 fully saturated rings. The number of carbonyl (C=O) groups excluding carboxylic acids is 2. The molecule has 1 aliphatic carbocycles. The van der Waals surface area contributed by atoms with Crippen molar-refractivity contribution in [3.8, 4) is 0 Å². The average Bonchev–Trinajstić information content (AvgIpc) is 3.31. The van der Waals surface area contributed by atoms with Gasteiger partial charge in [0.2, 0.25) is 5.91 Å². The lowest BCUT2D eigenvalue weighted by atomic mass is 9.97. The second-order valence-electron chi connectivity index (χ2n) is 9.95. The van der Waals surface area contributed by atoms with Crippen LogP contribution in [0.2, 0.25) is 0 Å². The number of rotatable bonds is 9. The van der Waals surface area contributed by atoms with E-state index in [1.807, 2.05) is 36.4 Å². The first kappa shape index (κ1) is 25.3. The van der Waals surface area contributed by atoms with Crippen molar-refractivity contribution in [2.45, 2.75) is 69.1 Å². The van der Waals surface area contributed by atoms with E-state index in [0.717, 1.165) is 50.9 Å². The van der Waals surface area contributed by atoms with Gasteiger partial charge in [0, 0.05) is 25.7 Å². The van der Waals surface area contributed by atoms with Gasteiger partial charge in [-0.3, -0.25) is 9.59 Å². The van der Waals surface area contributed by atoms with E-state index in [0.29, 0.717) is 31.2 Å². The van der Waals surface area contributed by atoms with Crippen LogP contribution in [0.5, 0.6) is 0 Å². The highest BCUT2D eigenvalue weighted by Gasteiger charge is 2.39. The molecule has 1 saturated heterocycles. The van der Waals surface area contributed by atoms with Gasteiger partial charge >= 0.3 is 0 Å². The molecule has 0 spiro atoms. The Morgan fingerprint density at radius 3 is 2.46 bits per heavy atom. The molecule has 3 N–H and O–H groups in total. The number of amides is 2. The number of hydrogen-bond donors (Lipinski definition) is 3. The smallest absolute Gasteiger partial charge is 0.252 e. The predicted molar refractivity (Wildman–Crippen MR) is 133 cm³/mol. The van der Waals surface area contributed by atoms with Crippen molar-refractivity contribution in [1.82, 2.24) is 15.5 Å². The summed E-state index contributed by atoms with van der Waals surface area (Å²) in [5.41, 5.74) is 0.403. The maximum atomic E-state index is 13.9. The number of nitrogens with one attached hydrogen (secondary N) is 2. The number of carbonyl (C=O) groups is 2. The molecule has 0 radical (unpaired) electrons. The van der Waals surface area contributed by atoms with Crippen molar-refractivity contribution in [2.24, 2.45) is 0 Å². The van der Waals surface area contributed by atoms with E-state index in [1.54, 1.807) is 6.07 Å². The molecule has 6 nitrogen and oxygen atoms in total. The third-order valence-corrected chi connectivity index (χ3v) is 7.30. The van der Waals surface area contributed by atoms with Crippen LogP contribution in [0.4, 0.5) is 4.39 Å². The first-order chi connectivity index (χ1) is 16.9. The molecule has 1 saturated carbocycles. The third kappa shape index (κ3) is 7.12. The van der Waals surface area contributed by atoms with E-state index in [2.05, 4.69) is 15.5 Å². The molecular weight excluding hydrogens is 445 g/mol. The molecule has 2 aromatic rings. The molecule has 1 unspecified atom stereocenters. The summed E-state index contributed by atoms with van der Waals surface area (Å²) in [6.45, 7) is 2.44. The van der Waals surface area contributed by atoms with Crippen molar-refractivity contribution in [3.63, 3.8) is 0 Å². The minimum absolute atomic E-state index is 0.0494. The molecular formula is C28H36FN3O3. The summed E-state index contributed by atoms with van der Waals surface area (Å²) in [6.07, 6.45) is 5.38. The highest BCUT2D eigenvalue weighted by molar-refractivity contribution is 5.85. The topological polar surface area (TPSA) is 81.7 Å².